The second kappa shape index (κ2) is 6.92. The standard InChI is InChI=1S/C14H18N2O5/c17-12(16-6-2-10(3-7-16)14(19)20)1-5-15-13(18)11-4-8-21-9-11/h4,8-10H,1-3,5-7H2,(H,15,18)(H,19,20). The summed E-state index contributed by atoms with van der Waals surface area (Å²) in [5, 5.41) is 11.5. The Morgan fingerprint density at radius 2 is 2.05 bits per heavy atom. The van der Waals surface area contributed by atoms with Gasteiger partial charge in [0.2, 0.25) is 5.91 Å². The molecule has 0 unspecified atom stereocenters. The molecule has 7 nitrogen and oxygen atoms in total. The molecule has 0 atom stereocenters. The predicted octanol–water partition coefficient (Wildman–Crippen LogP) is 0.723. The predicted molar refractivity (Wildman–Crippen MR) is 72.6 cm³/mol. The van der Waals surface area contributed by atoms with E-state index in [1.165, 1.54) is 12.5 Å². The average molecular weight is 294 g/mol. The van der Waals surface area contributed by atoms with Crippen LogP contribution in [0.15, 0.2) is 23.0 Å². The Morgan fingerprint density at radius 3 is 2.62 bits per heavy atom. The summed E-state index contributed by atoms with van der Waals surface area (Å²) in [4.78, 5) is 36.1. The van der Waals surface area contributed by atoms with E-state index in [1.54, 1.807) is 11.0 Å². The van der Waals surface area contributed by atoms with E-state index >= 15 is 0 Å². The molecule has 1 aliphatic heterocycles. The van der Waals surface area contributed by atoms with Gasteiger partial charge in [-0.05, 0) is 18.9 Å². The van der Waals surface area contributed by atoms with E-state index < -0.39 is 5.97 Å². The van der Waals surface area contributed by atoms with Gasteiger partial charge in [0.05, 0.1) is 17.7 Å². The minimum atomic E-state index is -0.797. The van der Waals surface area contributed by atoms with E-state index in [1.807, 2.05) is 0 Å². The lowest BCUT2D eigenvalue weighted by Crippen LogP contribution is -2.41. The van der Waals surface area contributed by atoms with Gasteiger partial charge >= 0.3 is 5.97 Å². The molecule has 2 rings (SSSR count). The van der Waals surface area contributed by atoms with Crippen LogP contribution in [-0.4, -0.2) is 47.4 Å². The highest BCUT2D eigenvalue weighted by Crippen LogP contribution is 2.17. The maximum atomic E-state index is 12.0. The Hall–Kier alpha value is -2.31. The first-order chi connectivity index (χ1) is 10.1. The Labute approximate surface area is 121 Å². The number of carbonyl (C=O) groups is 3. The lowest BCUT2D eigenvalue weighted by molar-refractivity contribution is -0.145. The van der Waals surface area contributed by atoms with Crippen LogP contribution in [0.25, 0.3) is 0 Å². The molecule has 0 radical (unpaired) electrons. The molecule has 1 aromatic heterocycles. The van der Waals surface area contributed by atoms with Crippen molar-refractivity contribution in [3.63, 3.8) is 0 Å². The Morgan fingerprint density at radius 1 is 1.33 bits per heavy atom. The fraction of sp³-hybridized carbons (Fsp3) is 0.500. The van der Waals surface area contributed by atoms with Crippen LogP contribution in [0.2, 0.25) is 0 Å². The molecule has 0 aromatic carbocycles. The van der Waals surface area contributed by atoms with Crippen molar-refractivity contribution in [2.24, 2.45) is 5.92 Å². The van der Waals surface area contributed by atoms with Crippen LogP contribution in [0.4, 0.5) is 0 Å². The number of carboxylic acids is 1. The first kappa shape index (κ1) is 15.1. The molecule has 21 heavy (non-hydrogen) atoms. The summed E-state index contributed by atoms with van der Waals surface area (Å²) in [6.07, 6.45) is 3.94. The molecule has 1 fully saturated rings. The lowest BCUT2D eigenvalue weighted by atomic mass is 9.97. The number of rotatable bonds is 5. The highest BCUT2D eigenvalue weighted by molar-refractivity contribution is 5.94. The van der Waals surface area contributed by atoms with Crippen molar-refractivity contribution in [2.45, 2.75) is 19.3 Å². The highest BCUT2D eigenvalue weighted by atomic mass is 16.4. The number of hydrogen-bond acceptors (Lipinski definition) is 4. The fourth-order valence-electron chi connectivity index (χ4n) is 2.31. The van der Waals surface area contributed by atoms with E-state index in [2.05, 4.69) is 5.32 Å². The van der Waals surface area contributed by atoms with Crippen molar-refractivity contribution in [2.75, 3.05) is 19.6 Å². The van der Waals surface area contributed by atoms with Crippen LogP contribution >= 0.6 is 0 Å². The third-order valence-corrected chi connectivity index (χ3v) is 3.60. The van der Waals surface area contributed by atoms with Gasteiger partial charge in [0, 0.05) is 26.1 Å². The second-order valence-corrected chi connectivity index (χ2v) is 5.01. The van der Waals surface area contributed by atoms with Gasteiger partial charge in [-0.3, -0.25) is 14.4 Å². The smallest absolute Gasteiger partial charge is 0.306 e. The number of hydrogen-bond donors (Lipinski definition) is 2. The quantitative estimate of drug-likeness (QED) is 0.833. The van der Waals surface area contributed by atoms with Gasteiger partial charge in [0.25, 0.3) is 5.91 Å². The molecule has 0 aliphatic carbocycles. The van der Waals surface area contributed by atoms with Gasteiger partial charge in [-0.25, -0.2) is 0 Å². The molecule has 1 aromatic rings. The minimum Gasteiger partial charge on any atom is -0.481 e. The number of aliphatic carboxylic acids is 1. The number of carbonyl (C=O) groups excluding carboxylic acids is 2. The van der Waals surface area contributed by atoms with Crippen LogP contribution in [-0.2, 0) is 9.59 Å². The fourth-order valence-corrected chi connectivity index (χ4v) is 2.31. The Bertz CT molecular complexity index is 503. The van der Waals surface area contributed by atoms with E-state index in [0.29, 0.717) is 31.5 Å². The molecule has 0 spiro atoms. The zero-order valence-electron chi connectivity index (χ0n) is 11.6. The summed E-state index contributed by atoms with van der Waals surface area (Å²) in [6, 6.07) is 1.55. The first-order valence-corrected chi connectivity index (χ1v) is 6.89. The van der Waals surface area contributed by atoms with Crippen LogP contribution in [0.3, 0.4) is 0 Å². The molecule has 0 bridgehead atoms. The molecule has 2 N–H and O–H groups in total. The van der Waals surface area contributed by atoms with Crippen molar-refractivity contribution < 1.29 is 23.9 Å². The first-order valence-electron chi connectivity index (χ1n) is 6.89. The van der Waals surface area contributed by atoms with Crippen molar-refractivity contribution in [1.29, 1.82) is 0 Å². The number of nitrogens with zero attached hydrogens (tertiary/aromatic N) is 1. The normalized spacial score (nSPS) is 15.7. The van der Waals surface area contributed by atoms with Crippen molar-refractivity contribution in [3.05, 3.63) is 24.2 Å². The molecular weight excluding hydrogens is 276 g/mol. The van der Waals surface area contributed by atoms with Crippen molar-refractivity contribution in [1.82, 2.24) is 10.2 Å². The van der Waals surface area contributed by atoms with Crippen LogP contribution in [0.5, 0.6) is 0 Å². The number of nitrogens with one attached hydrogen (secondary N) is 1. The van der Waals surface area contributed by atoms with Crippen LogP contribution in [0.1, 0.15) is 29.6 Å². The summed E-state index contributed by atoms with van der Waals surface area (Å²) in [5.74, 6) is -1.49. The van der Waals surface area contributed by atoms with Crippen LogP contribution in [0, 0.1) is 5.92 Å². The third kappa shape index (κ3) is 4.08. The molecule has 1 aliphatic rings. The van der Waals surface area contributed by atoms with Gasteiger partial charge in [-0.2, -0.15) is 0 Å². The summed E-state index contributed by atoms with van der Waals surface area (Å²) in [6.45, 7) is 1.18. The minimum absolute atomic E-state index is 0.0636. The Kier molecular flexibility index (Phi) is 4.97. The molecule has 2 amide bonds. The molecule has 1 saturated heterocycles. The summed E-state index contributed by atoms with van der Waals surface area (Å²) < 4.78 is 4.80. The topological polar surface area (TPSA) is 99.9 Å². The molecule has 2 heterocycles. The number of likely N-dealkylation sites (tertiary alicyclic amines) is 1. The second-order valence-electron chi connectivity index (χ2n) is 5.01. The number of piperidine rings is 1. The van der Waals surface area contributed by atoms with Gasteiger partial charge in [0.15, 0.2) is 0 Å². The van der Waals surface area contributed by atoms with E-state index in [4.69, 9.17) is 9.52 Å². The third-order valence-electron chi connectivity index (χ3n) is 3.60. The zero-order valence-corrected chi connectivity index (χ0v) is 11.6. The SMILES string of the molecule is O=C(NCCC(=O)N1CCC(C(=O)O)CC1)c1ccoc1. The molecular formula is C14H18N2O5. The molecule has 114 valence electrons. The maximum absolute atomic E-state index is 12.0. The summed E-state index contributed by atoms with van der Waals surface area (Å²) in [5.41, 5.74) is 0.421. The maximum Gasteiger partial charge on any atom is 0.306 e. The van der Waals surface area contributed by atoms with Gasteiger partial charge in [-0.15, -0.1) is 0 Å². The van der Waals surface area contributed by atoms with Crippen molar-refractivity contribution >= 4 is 17.8 Å². The number of carboxylic acid groups (broad SMARTS) is 1. The lowest BCUT2D eigenvalue weighted by Gasteiger charge is -2.30. The van der Waals surface area contributed by atoms with Crippen molar-refractivity contribution in [3.8, 4) is 0 Å². The number of amides is 2. The van der Waals surface area contributed by atoms with Gasteiger partial charge in [0.1, 0.15) is 6.26 Å². The van der Waals surface area contributed by atoms with Gasteiger partial charge < -0.3 is 19.7 Å². The monoisotopic (exact) mass is 294 g/mol. The van der Waals surface area contributed by atoms with E-state index in [0.717, 1.165) is 0 Å². The van der Waals surface area contributed by atoms with E-state index in [9.17, 15) is 14.4 Å². The molecule has 0 saturated carbocycles. The highest BCUT2D eigenvalue weighted by Gasteiger charge is 2.26. The Balaban J connectivity index is 1.68. The zero-order chi connectivity index (χ0) is 15.2. The largest absolute Gasteiger partial charge is 0.481 e. The van der Waals surface area contributed by atoms with Gasteiger partial charge in [-0.1, -0.05) is 0 Å². The summed E-state index contributed by atoms with van der Waals surface area (Å²) in [7, 11) is 0. The average Bonchev–Trinajstić information content (AvgIpc) is 3.01. The number of furan rings is 1. The van der Waals surface area contributed by atoms with E-state index in [-0.39, 0.29) is 30.7 Å². The molecule has 7 heteroatoms. The summed E-state index contributed by atoms with van der Waals surface area (Å²) >= 11 is 0. The van der Waals surface area contributed by atoms with Crippen LogP contribution < -0.4 is 5.32 Å².